The molecule has 5 nitrogen and oxygen atoms in total. The molecule has 0 atom stereocenters. The number of thiophene rings is 1. The molecule has 0 aliphatic heterocycles. The summed E-state index contributed by atoms with van der Waals surface area (Å²) in [5.41, 5.74) is 1.22. The Morgan fingerprint density at radius 2 is 1.96 bits per heavy atom. The maximum absolute atomic E-state index is 12.0. The summed E-state index contributed by atoms with van der Waals surface area (Å²) in [5.74, 6) is 0.665. The number of carbonyl (C=O) groups is 2. The highest BCUT2D eigenvalue weighted by Crippen LogP contribution is 2.27. The minimum absolute atomic E-state index is 0.105. The molecule has 0 saturated heterocycles. The van der Waals surface area contributed by atoms with Gasteiger partial charge in [-0.3, -0.25) is 4.79 Å². The Balaban J connectivity index is 1.58. The number of nitrogens with one attached hydrogen (secondary N) is 2. The summed E-state index contributed by atoms with van der Waals surface area (Å²) >= 11 is 1.66. The van der Waals surface area contributed by atoms with Gasteiger partial charge < -0.3 is 15.5 Å². The molecule has 128 valence electrons. The van der Waals surface area contributed by atoms with Crippen LogP contribution in [0.2, 0.25) is 0 Å². The monoisotopic (exact) mass is 337 g/mol. The predicted octanol–water partition coefficient (Wildman–Crippen LogP) is 2.89. The third-order valence-corrected chi connectivity index (χ3v) is 5.38. The Hall–Kier alpha value is -1.56. The van der Waals surface area contributed by atoms with Crippen molar-refractivity contribution in [3.8, 4) is 0 Å². The van der Waals surface area contributed by atoms with Gasteiger partial charge in [-0.15, -0.1) is 11.3 Å². The van der Waals surface area contributed by atoms with Gasteiger partial charge in [0, 0.05) is 31.4 Å². The Morgan fingerprint density at radius 1 is 1.26 bits per heavy atom. The molecule has 0 unspecified atom stereocenters. The molecule has 0 radical (unpaired) electrons. The quantitative estimate of drug-likeness (QED) is 0.752. The normalized spacial score (nSPS) is 14.7. The molecule has 1 heterocycles. The van der Waals surface area contributed by atoms with Crippen LogP contribution >= 0.6 is 11.3 Å². The lowest BCUT2D eigenvalue weighted by Crippen LogP contribution is -2.41. The van der Waals surface area contributed by atoms with Gasteiger partial charge >= 0.3 is 6.03 Å². The molecular weight excluding hydrogens is 310 g/mol. The highest BCUT2D eigenvalue weighted by Gasteiger charge is 2.18. The topological polar surface area (TPSA) is 61.4 Å². The van der Waals surface area contributed by atoms with Crippen molar-refractivity contribution < 1.29 is 9.59 Å². The van der Waals surface area contributed by atoms with E-state index in [0.717, 1.165) is 0 Å². The molecule has 1 aliphatic rings. The number of urea groups is 1. The lowest BCUT2D eigenvalue weighted by atomic mass is 10.0. The molecule has 23 heavy (non-hydrogen) atoms. The van der Waals surface area contributed by atoms with E-state index < -0.39 is 0 Å². The molecule has 2 N–H and O–H groups in total. The molecule has 1 aliphatic carbocycles. The third-order valence-electron chi connectivity index (χ3n) is 4.37. The number of amides is 3. The van der Waals surface area contributed by atoms with E-state index in [2.05, 4.69) is 23.6 Å². The summed E-state index contributed by atoms with van der Waals surface area (Å²) in [6.45, 7) is 3.62. The molecule has 0 spiro atoms. The largest absolute Gasteiger partial charge is 0.354 e. The minimum Gasteiger partial charge on any atom is -0.354 e. The molecule has 1 fully saturated rings. The Labute approximate surface area is 142 Å². The van der Waals surface area contributed by atoms with Crippen LogP contribution < -0.4 is 10.6 Å². The van der Waals surface area contributed by atoms with Crippen LogP contribution in [-0.4, -0.2) is 37.0 Å². The van der Waals surface area contributed by atoms with Gasteiger partial charge in [0.15, 0.2) is 0 Å². The molecule has 2 rings (SSSR count). The summed E-state index contributed by atoms with van der Waals surface area (Å²) < 4.78 is 0. The van der Waals surface area contributed by atoms with Crippen LogP contribution in [0.15, 0.2) is 11.4 Å². The van der Waals surface area contributed by atoms with Gasteiger partial charge in [0.05, 0.1) is 6.54 Å². The lowest BCUT2D eigenvalue weighted by Gasteiger charge is -2.18. The van der Waals surface area contributed by atoms with Crippen molar-refractivity contribution in [2.75, 3.05) is 20.1 Å². The highest BCUT2D eigenvalue weighted by molar-refractivity contribution is 7.10. The van der Waals surface area contributed by atoms with Crippen molar-refractivity contribution in [1.29, 1.82) is 0 Å². The van der Waals surface area contributed by atoms with Crippen molar-refractivity contribution in [2.24, 2.45) is 5.92 Å². The predicted molar refractivity (Wildman–Crippen MR) is 93.5 cm³/mol. The van der Waals surface area contributed by atoms with Crippen molar-refractivity contribution in [1.82, 2.24) is 15.5 Å². The SMILES string of the molecule is Cc1ccsc1CN(C)C(=O)NCCNC(=O)CC1CCCC1. The van der Waals surface area contributed by atoms with Crippen LogP contribution in [-0.2, 0) is 11.3 Å². The van der Waals surface area contributed by atoms with Crippen molar-refractivity contribution in [2.45, 2.75) is 45.6 Å². The molecule has 0 aromatic carbocycles. The number of aryl methyl sites for hydroxylation is 1. The molecule has 6 heteroatoms. The zero-order valence-corrected chi connectivity index (χ0v) is 14.9. The second-order valence-corrected chi connectivity index (χ2v) is 7.32. The molecular formula is C17H27N3O2S. The van der Waals surface area contributed by atoms with Crippen molar-refractivity contribution in [3.05, 3.63) is 21.9 Å². The smallest absolute Gasteiger partial charge is 0.317 e. The van der Waals surface area contributed by atoms with Crippen LogP contribution in [0.4, 0.5) is 4.79 Å². The molecule has 3 amide bonds. The maximum atomic E-state index is 12.0. The summed E-state index contributed by atoms with van der Waals surface area (Å²) in [6.07, 6.45) is 5.49. The zero-order valence-electron chi connectivity index (χ0n) is 14.1. The second kappa shape index (κ2) is 8.91. The number of hydrogen-bond acceptors (Lipinski definition) is 3. The number of nitrogens with zero attached hydrogens (tertiary/aromatic N) is 1. The van der Waals surface area contributed by atoms with E-state index in [4.69, 9.17) is 0 Å². The van der Waals surface area contributed by atoms with Gasteiger partial charge in [0.2, 0.25) is 5.91 Å². The summed E-state index contributed by atoms with van der Waals surface area (Å²) in [7, 11) is 1.78. The van der Waals surface area contributed by atoms with Crippen LogP contribution in [0.3, 0.4) is 0 Å². The van der Waals surface area contributed by atoms with Crippen LogP contribution in [0.25, 0.3) is 0 Å². The van der Waals surface area contributed by atoms with E-state index in [9.17, 15) is 9.59 Å². The first kappa shape index (κ1) is 17.8. The molecule has 1 aromatic heterocycles. The fourth-order valence-corrected chi connectivity index (χ4v) is 3.87. The van der Waals surface area contributed by atoms with Gasteiger partial charge in [-0.25, -0.2) is 4.79 Å². The third kappa shape index (κ3) is 5.86. The van der Waals surface area contributed by atoms with Gasteiger partial charge in [0.1, 0.15) is 0 Å². The first-order valence-corrected chi connectivity index (χ1v) is 9.23. The highest BCUT2D eigenvalue weighted by atomic mass is 32.1. The van der Waals surface area contributed by atoms with Crippen molar-refractivity contribution in [3.63, 3.8) is 0 Å². The fraction of sp³-hybridized carbons (Fsp3) is 0.647. The van der Waals surface area contributed by atoms with Crippen LogP contribution in [0.5, 0.6) is 0 Å². The molecule has 1 saturated carbocycles. The van der Waals surface area contributed by atoms with Gasteiger partial charge in [-0.05, 0) is 42.7 Å². The van der Waals surface area contributed by atoms with Crippen LogP contribution in [0, 0.1) is 12.8 Å². The molecule has 1 aromatic rings. The Kier molecular flexibility index (Phi) is 6.89. The summed E-state index contributed by atoms with van der Waals surface area (Å²) in [5, 5.41) is 7.77. The van der Waals surface area contributed by atoms with E-state index in [0.29, 0.717) is 32.0 Å². The molecule has 0 bridgehead atoms. The van der Waals surface area contributed by atoms with Gasteiger partial charge in [-0.1, -0.05) is 12.8 Å². The fourth-order valence-electron chi connectivity index (χ4n) is 2.91. The van der Waals surface area contributed by atoms with Gasteiger partial charge in [-0.2, -0.15) is 0 Å². The standard InChI is InChI=1S/C17H27N3O2S/c1-13-7-10-23-15(13)12-20(2)17(22)19-9-8-18-16(21)11-14-5-3-4-6-14/h7,10,14H,3-6,8-9,11-12H2,1-2H3,(H,18,21)(H,19,22). The average Bonchev–Trinajstić information content (AvgIpc) is 3.16. The van der Waals surface area contributed by atoms with E-state index in [1.54, 1.807) is 23.3 Å². The number of carbonyl (C=O) groups excluding carboxylic acids is 2. The minimum atomic E-state index is -0.108. The van der Waals surface area contributed by atoms with Gasteiger partial charge in [0.25, 0.3) is 0 Å². The maximum Gasteiger partial charge on any atom is 0.317 e. The Morgan fingerprint density at radius 3 is 2.61 bits per heavy atom. The first-order valence-electron chi connectivity index (χ1n) is 8.35. The van der Waals surface area contributed by atoms with Crippen LogP contribution in [0.1, 0.15) is 42.5 Å². The zero-order chi connectivity index (χ0) is 16.7. The Bertz CT molecular complexity index is 524. The number of hydrogen-bond donors (Lipinski definition) is 2. The van der Waals surface area contributed by atoms with E-state index in [1.165, 1.54) is 36.1 Å². The van der Waals surface area contributed by atoms with E-state index in [-0.39, 0.29) is 11.9 Å². The first-order chi connectivity index (χ1) is 11.1. The second-order valence-electron chi connectivity index (χ2n) is 6.32. The lowest BCUT2D eigenvalue weighted by molar-refractivity contribution is -0.121. The summed E-state index contributed by atoms with van der Waals surface area (Å²) in [4.78, 5) is 26.7. The number of rotatable bonds is 7. The summed E-state index contributed by atoms with van der Waals surface area (Å²) in [6, 6.07) is 1.95. The average molecular weight is 337 g/mol. The van der Waals surface area contributed by atoms with E-state index in [1.807, 2.05) is 5.38 Å². The van der Waals surface area contributed by atoms with E-state index >= 15 is 0 Å². The van der Waals surface area contributed by atoms with Crippen molar-refractivity contribution >= 4 is 23.3 Å².